The molecule has 8 heteroatoms. The minimum atomic E-state index is -0.855. The molecule has 0 unspecified atom stereocenters. The van der Waals surface area contributed by atoms with Gasteiger partial charge in [0.05, 0.1) is 12.1 Å². The zero-order valence-electron chi connectivity index (χ0n) is 24.1. The van der Waals surface area contributed by atoms with E-state index in [2.05, 4.69) is 24.5 Å². The van der Waals surface area contributed by atoms with Gasteiger partial charge >= 0.3 is 0 Å². The molecule has 2 aromatic rings. The third-order valence-electron chi connectivity index (χ3n) is 6.57. The number of nitrogens with zero attached hydrogens (tertiary/aromatic N) is 1. The van der Waals surface area contributed by atoms with Gasteiger partial charge in [-0.05, 0) is 68.8 Å². The van der Waals surface area contributed by atoms with Crippen LogP contribution in [0, 0.1) is 12.8 Å². The van der Waals surface area contributed by atoms with E-state index in [4.69, 9.17) is 5.73 Å². The molecule has 0 saturated heterocycles. The molecule has 0 bridgehead atoms. The Kier molecular flexibility index (Phi) is 13.1. The van der Waals surface area contributed by atoms with Crippen LogP contribution in [0.4, 0.5) is 0 Å². The molecule has 3 amide bonds. The lowest BCUT2D eigenvalue weighted by Crippen LogP contribution is -2.49. The molecule has 0 aliphatic heterocycles. The molecular weight excluding hydrogens is 492 g/mol. The van der Waals surface area contributed by atoms with Gasteiger partial charge in [0, 0.05) is 36.3 Å². The van der Waals surface area contributed by atoms with Gasteiger partial charge in [-0.25, -0.2) is 0 Å². The fourth-order valence-electron chi connectivity index (χ4n) is 4.47. The number of aliphatic hydroxyl groups excluding tert-OH is 1. The first-order valence-corrected chi connectivity index (χ1v) is 14.0. The summed E-state index contributed by atoms with van der Waals surface area (Å²) in [5, 5.41) is 17.3. The number of aryl methyl sites for hydroxylation is 1. The van der Waals surface area contributed by atoms with Crippen LogP contribution in [0.5, 0.6) is 0 Å². The maximum atomic E-state index is 13.5. The van der Waals surface area contributed by atoms with Gasteiger partial charge in [0.1, 0.15) is 0 Å². The lowest BCUT2D eigenvalue weighted by molar-refractivity contribution is 0.0755. The summed E-state index contributed by atoms with van der Waals surface area (Å²) < 4.78 is 0. The highest BCUT2D eigenvalue weighted by molar-refractivity contribution is 6.04. The Hall–Kier alpha value is -3.23. The van der Waals surface area contributed by atoms with Gasteiger partial charge < -0.3 is 26.4 Å². The van der Waals surface area contributed by atoms with Gasteiger partial charge in [-0.1, -0.05) is 57.5 Å². The van der Waals surface area contributed by atoms with Gasteiger partial charge in [-0.2, -0.15) is 0 Å². The molecule has 0 saturated carbocycles. The van der Waals surface area contributed by atoms with Gasteiger partial charge in [0.2, 0.25) is 5.91 Å². The highest BCUT2D eigenvalue weighted by Gasteiger charge is 2.24. The fraction of sp³-hybridized carbons (Fsp3) is 0.516. The van der Waals surface area contributed by atoms with E-state index in [1.54, 1.807) is 4.90 Å². The Morgan fingerprint density at radius 1 is 0.974 bits per heavy atom. The molecule has 0 heterocycles. The quantitative estimate of drug-likeness (QED) is 0.243. The van der Waals surface area contributed by atoms with Gasteiger partial charge in [0.15, 0.2) is 0 Å². The number of amides is 3. The minimum Gasteiger partial charge on any atom is -0.390 e. The summed E-state index contributed by atoms with van der Waals surface area (Å²) in [5.74, 6) is -0.913. The highest BCUT2D eigenvalue weighted by Crippen LogP contribution is 2.16. The van der Waals surface area contributed by atoms with E-state index in [0.717, 1.165) is 36.9 Å². The molecule has 2 atom stereocenters. The average Bonchev–Trinajstić information content (AvgIpc) is 2.89. The smallest absolute Gasteiger partial charge is 0.253 e. The second-order valence-electron chi connectivity index (χ2n) is 10.7. The number of carbonyl (C=O) groups excluding carboxylic acids is 3. The summed E-state index contributed by atoms with van der Waals surface area (Å²) in [5.41, 5.74) is 8.11. The lowest BCUT2D eigenvalue weighted by Gasteiger charge is -2.26. The molecule has 8 nitrogen and oxygen atoms in total. The van der Waals surface area contributed by atoms with Crippen LogP contribution in [0.1, 0.15) is 89.2 Å². The number of hydrogen-bond acceptors (Lipinski definition) is 5. The van der Waals surface area contributed by atoms with Crippen LogP contribution in [0.3, 0.4) is 0 Å². The topological polar surface area (TPSA) is 125 Å². The Bertz CT molecular complexity index is 1100. The first-order valence-electron chi connectivity index (χ1n) is 14.0. The molecule has 0 aliphatic rings. The average molecular weight is 539 g/mol. The molecule has 39 heavy (non-hydrogen) atoms. The normalized spacial score (nSPS) is 12.7. The summed E-state index contributed by atoms with van der Waals surface area (Å²) in [7, 11) is 0. The van der Waals surface area contributed by atoms with Crippen LogP contribution in [-0.2, 0) is 6.42 Å². The summed E-state index contributed by atoms with van der Waals surface area (Å²) in [6.45, 7) is 12.5. The number of hydrogen-bond donors (Lipinski definition) is 4. The number of rotatable bonds is 16. The van der Waals surface area contributed by atoms with Crippen LogP contribution >= 0.6 is 0 Å². The predicted octanol–water partition coefficient (Wildman–Crippen LogP) is 3.69. The standard InChI is InChI=1S/C31H46N4O4/c1-6-13-35(14-7-2)31(39)26-18-24(29(32)37)17-25(19-26)30(38)34-27(16-23-10-8-9-22(5)15-23)28(36)20-33-12-11-21(3)4/h8-10,15,17-19,21,27-28,33,36H,6-7,11-14,16,20H2,1-5H3,(H2,32,37)(H,34,38)/t27-,28+/m0/s1. The van der Waals surface area contributed by atoms with E-state index >= 15 is 0 Å². The number of benzene rings is 2. The van der Waals surface area contributed by atoms with Gasteiger partial charge in [-0.3, -0.25) is 14.4 Å². The molecule has 0 spiro atoms. The molecule has 0 aliphatic carbocycles. The van der Waals surface area contributed by atoms with Crippen LogP contribution in [0.2, 0.25) is 0 Å². The first kappa shape index (κ1) is 32.0. The van der Waals surface area contributed by atoms with Crippen molar-refractivity contribution in [1.29, 1.82) is 0 Å². The van der Waals surface area contributed by atoms with Crippen LogP contribution in [0.25, 0.3) is 0 Å². The zero-order valence-corrected chi connectivity index (χ0v) is 24.1. The Labute approximate surface area is 233 Å². The number of nitrogens with two attached hydrogens (primary N) is 1. The number of carbonyl (C=O) groups is 3. The van der Waals surface area contributed by atoms with Crippen LogP contribution in [-0.4, -0.2) is 66.1 Å². The third-order valence-corrected chi connectivity index (χ3v) is 6.57. The van der Waals surface area contributed by atoms with Crippen molar-refractivity contribution in [3.63, 3.8) is 0 Å². The third kappa shape index (κ3) is 10.5. The van der Waals surface area contributed by atoms with Crippen molar-refractivity contribution in [2.75, 3.05) is 26.2 Å². The number of nitrogens with one attached hydrogen (secondary N) is 2. The monoisotopic (exact) mass is 538 g/mol. The SMILES string of the molecule is CCCN(CCC)C(=O)c1cc(C(N)=O)cc(C(=O)N[C@@H](Cc2cccc(C)c2)[C@H](O)CNCCC(C)C)c1. The summed E-state index contributed by atoms with van der Waals surface area (Å²) in [4.78, 5) is 40.6. The number of aliphatic hydroxyl groups is 1. The first-order chi connectivity index (χ1) is 18.5. The predicted molar refractivity (Wildman–Crippen MR) is 156 cm³/mol. The van der Waals surface area contributed by atoms with Crippen LogP contribution < -0.4 is 16.4 Å². The maximum Gasteiger partial charge on any atom is 0.253 e. The van der Waals surface area contributed by atoms with E-state index in [-0.39, 0.29) is 22.6 Å². The van der Waals surface area contributed by atoms with Crippen molar-refractivity contribution < 1.29 is 19.5 Å². The largest absolute Gasteiger partial charge is 0.390 e. The fourth-order valence-corrected chi connectivity index (χ4v) is 4.47. The van der Waals surface area contributed by atoms with Crippen molar-refractivity contribution in [1.82, 2.24) is 15.5 Å². The minimum absolute atomic E-state index is 0.0880. The van der Waals surface area contributed by atoms with E-state index in [1.165, 1.54) is 18.2 Å². The van der Waals surface area contributed by atoms with Crippen molar-refractivity contribution in [2.24, 2.45) is 11.7 Å². The molecule has 2 rings (SSSR count). The Morgan fingerprint density at radius 2 is 1.62 bits per heavy atom. The lowest BCUT2D eigenvalue weighted by atomic mass is 9.98. The Morgan fingerprint density at radius 3 is 2.21 bits per heavy atom. The molecule has 0 radical (unpaired) electrons. The molecule has 214 valence electrons. The van der Waals surface area contributed by atoms with Crippen molar-refractivity contribution in [2.45, 2.75) is 72.4 Å². The molecular formula is C31H46N4O4. The van der Waals surface area contributed by atoms with Crippen molar-refractivity contribution in [3.05, 3.63) is 70.3 Å². The summed E-state index contributed by atoms with van der Waals surface area (Å²) in [6.07, 6.45) is 2.12. The van der Waals surface area contributed by atoms with E-state index in [0.29, 0.717) is 32.0 Å². The van der Waals surface area contributed by atoms with Gasteiger partial charge in [-0.15, -0.1) is 0 Å². The molecule has 0 fully saturated rings. The maximum absolute atomic E-state index is 13.5. The van der Waals surface area contributed by atoms with Crippen molar-refractivity contribution >= 4 is 17.7 Å². The van der Waals surface area contributed by atoms with E-state index < -0.39 is 24.0 Å². The van der Waals surface area contributed by atoms with Crippen molar-refractivity contribution in [3.8, 4) is 0 Å². The second kappa shape index (κ2) is 16.0. The molecule has 0 aromatic heterocycles. The number of primary amides is 1. The molecule has 5 N–H and O–H groups in total. The summed E-state index contributed by atoms with van der Waals surface area (Å²) in [6, 6.07) is 11.7. The highest BCUT2D eigenvalue weighted by atomic mass is 16.3. The second-order valence-corrected chi connectivity index (χ2v) is 10.7. The van der Waals surface area contributed by atoms with E-state index in [1.807, 2.05) is 45.0 Å². The molecule has 2 aromatic carbocycles. The van der Waals surface area contributed by atoms with Gasteiger partial charge in [0.25, 0.3) is 11.8 Å². The van der Waals surface area contributed by atoms with Crippen LogP contribution in [0.15, 0.2) is 42.5 Å². The zero-order chi connectivity index (χ0) is 28.9. The Balaban J connectivity index is 2.33. The summed E-state index contributed by atoms with van der Waals surface area (Å²) >= 11 is 0. The van der Waals surface area contributed by atoms with E-state index in [9.17, 15) is 19.5 Å².